The van der Waals surface area contributed by atoms with E-state index in [4.69, 9.17) is 4.74 Å². The van der Waals surface area contributed by atoms with Gasteiger partial charge in [-0.1, -0.05) is 12.8 Å². The van der Waals surface area contributed by atoms with Crippen LogP contribution in [0.3, 0.4) is 0 Å². The first-order chi connectivity index (χ1) is 12.7. The maximum atomic E-state index is 12.8. The lowest BCUT2D eigenvalue weighted by Gasteiger charge is -2.35. The molecule has 0 atom stereocenters. The molecule has 1 aromatic rings. The molecule has 2 amide bonds. The Labute approximate surface area is 154 Å². The van der Waals surface area contributed by atoms with E-state index in [2.05, 4.69) is 9.88 Å². The summed E-state index contributed by atoms with van der Waals surface area (Å²) in [5, 5.41) is 0. The zero-order valence-electron chi connectivity index (χ0n) is 15.5. The molecule has 2 aliphatic rings. The molecule has 26 heavy (non-hydrogen) atoms. The first kappa shape index (κ1) is 18.5. The van der Waals surface area contributed by atoms with Crippen molar-refractivity contribution >= 4 is 17.7 Å². The van der Waals surface area contributed by atoms with E-state index in [0.717, 1.165) is 31.6 Å². The molecule has 0 spiro atoms. The van der Waals surface area contributed by atoms with Crippen LogP contribution >= 0.6 is 0 Å². The van der Waals surface area contributed by atoms with Crippen LogP contribution in [-0.2, 0) is 4.74 Å². The van der Waals surface area contributed by atoms with Gasteiger partial charge in [-0.3, -0.25) is 9.78 Å². The number of carbonyl (C=O) groups excluding carboxylic acids is 2. The molecule has 0 bridgehead atoms. The molecule has 0 aromatic carbocycles. The number of aromatic nitrogens is 1. The van der Waals surface area contributed by atoms with Gasteiger partial charge in [0.15, 0.2) is 0 Å². The molecule has 2 fully saturated rings. The van der Waals surface area contributed by atoms with Crippen molar-refractivity contribution in [3.63, 3.8) is 0 Å². The summed E-state index contributed by atoms with van der Waals surface area (Å²) in [7, 11) is 0. The number of piperazine rings is 1. The van der Waals surface area contributed by atoms with Gasteiger partial charge in [0, 0.05) is 45.5 Å². The van der Waals surface area contributed by atoms with Crippen LogP contribution in [0, 0.1) is 0 Å². The smallest absolute Gasteiger partial charge is 0.409 e. The number of likely N-dealkylation sites (tertiary alicyclic amines) is 1. The van der Waals surface area contributed by atoms with E-state index >= 15 is 0 Å². The molecule has 0 unspecified atom stereocenters. The summed E-state index contributed by atoms with van der Waals surface area (Å²) in [5.41, 5.74) is 1.59. The number of nitrogens with zero attached hydrogens (tertiary/aromatic N) is 4. The topological polar surface area (TPSA) is 66.0 Å². The van der Waals surface area contributed by atoms with Crippen LogP contribution in [0.1, 0.15) is 43.0 Å². The van der Waals surface area contributed by atoms with Crippen LogP contribution in [0.4, 0.5) is 10.5 Å². The van der Waals surface area contributed by atoms with E-state index in [9.17, 15) is 9.59 Å². The van der Waals surface area contributed by atoms with Gasteiger partial charge in [0.25, 0.3) is 5.91 Å². The third-order valence-electron chi connectivity index (χ3n) is 5.03. The molecule has 3 heterocycles. The second kappa shape index (κ2) is 8.87. The van der Waals surface area contributed by atoms with E-state index in [1.807, 2.05) is 17.9 Å². The third-order valence-corrected chi connectivity index (χ3v) is 5.03. The van der Waals surface area contributed by atoms with Gasteiger partial charge in [-0.2, -0.15) is 0 Å². The maximum absolute atomic E-state index is 12.8. The van der Waals surface area contributed by atoms with Crippen molar-refractivity contribution in [3.05, 3.63) is 24.0 Å². The lowest BCUT2D eigenvalue weighted by molar-refractivity contribution is 0.0761. The Bertz CT molecular complexity index is 621. The van der Waals surface area contributed by atoms with E-state index < -0.39 is 0 Å². The first-order valence-electron chi connectivity index (χ1n) is 9.60. The highest BCUT2D eigenvalue weighted by molar-refractivity contribution is 5.94. The summed E-state index contributed by atoms with van der Waals surface area (Å²) in [6.45, 7) is 6.52. The highest BCUT2D eigenvalue weighted by Gasteiger charge is 2.23. The average Bonchev–Trinajstić information content (AvgIpc) is 2.97. The molecular weight excluding hydrogens is 332 g/mol. The Morgan fingerprint density at radius 1 is 0.962 bits per heavy atom. The van der Waals surface area contributed by atoms with Crippen molar-refractivity contribution in [2.24, 2.45) is 0 Å². The Morgan fingerprint density at radius 3 is 2.31 bits per heavy atom. The maximum Gasteiger partial charge on any atom is 0.409 e. The molecule has 7 nitrogen and oxygen atoms in total. The van der Waals surface area contributed by atoms with Gasteiger partial charge in [0.05, 0.1) is 24.1 Å². The van der Waals surface area contributed by atoms with Gasteiger partial charge in [-0.05, 0) is 25.8 Å². The Balaban J connectivity index is 1.62. The highest BCUT2D eigenvalue weighted by atomic mass is 16.6. The second-order valence-electron chi connectivity index (χ2n) is 6.81. The number of anilines is 1. The Morgan fingerprint density at radius 2 is 1.65 bits per heavy atom. The van der Waals surface area contributed by atoms with Crippen LogP contribution < -0.4 is 4.90 Å². The fraction of sp³-hybridized carbons (Fsp3) is 0.632. The second-order valence-corrected chi connectivity index (χ2v) is 6.81. The predicted molar refractivity (Wildman–Crippen MR) is 99.4 cm³/mol. The number of hydrogen-bond acceptors (Lipinski definition) is 5. The van der Waals surface area contributed by atoms with E-state index in [1.165, 1.54) is 12.8 Å². The van der Waals surface area contributed by atoms with Gasteiger partial charge in [0.1, 0.15) is 0 Å². The van der Waals surface area contributed by atoms with Crippen LogP contribution in [0.2, 0.25) is 0 Å². The van der Waals surface area contributed by atoms with Gasteiger partial charge in [-0.25, -0.2) is 4.79 Å². The molecule has 0 aliphatic carbocycles. The molecular formula is C19H28N4O3. The van der Waals surface area contributed by atoms with Crippen molar-refractivity contribution in [2.75, 3.05) is 50.8 Å². The predicted octanol–water partition coefficient (Wildman–Crippen LogP) is 2.38. The normalized spacial score (nSPS) is 18.4. The average molecular weight is 360 g/mol. The number of ether oxygens (including phenoxy) is 1. The highest BCUT2D eigenvalue weighted by Crippen LogP contribution is 2.19. The van der Waals surface area contributed by atoms with E-state index in [-0.39, 0.29) is 12.0 Å². The summed E-state index contributed by atoms with van der Waals surface area (Å²) in [4.78, 5) is 34.7. The zero-order chi connectivity index (χ0) is 18.4. The number of hydrogen-bond donors (Lipinski definition) is 0. The van der Waals surface area contributed by atoms with Crippen molar-refractivity contribution in [1.29, 1.82) is 0 Å². The summed E-state index contributed by atoms with van der Waals surface area (Å²) >= 11 is 0. The van der Waals surface area contributed by atoms with Crippen molar-refractivity contribution in [2.45, 2.75) is 32.6 Å². The third kappa shape index (κ3) is 4.45. The van der Waals surface area contributed by atoms with Crippen LogP contribution in [0.25, 0.3) is 0 Å². The largest absolute Gasteiger partial charge is 0.450 e. The van der Waals surface area contributed by atoms with Gasteiger partial charge >= 0.3 is 6.09 Å². The number of amides is 2. The minimum absolute atomic E-state index is 0.0754. The molecule has 0 saturated carbocycles. The number of rotatable bonds is 3. The number of pyridine rings is 1. The fourth-order valence-electron chi connectivity index (χ4n) is 3.54. The monoisotopic (exact) mass is 360 g/mol. The van der Waals surface area contributed by atoms with Gasteiger partial charge in [0.2, 0.25) is 0 Å². The van der Waals surface area contributed by atoms with Crippen LogP contribution in [0.5, 0.6) is 0 Å². The Kier molecular flexibility index (Phi) is 6.30. The van der Waals surface area contributed by atoms with Crippen LogP contribution in [-0.4, -0.2) is 72.7 Å². The lowest BCUT2D eigenvalue weighted by Crippen LogP contribution is -2.49. The molecule has 7 heteroatoms. The van der Waals surface area contributed by atoms with Crippen molar-refractivity contribution < 1.29 is 14.3 Å². The first-order valence-corrected chi connectivity index (χ1v) is 9.60. The SMILES string of the molecule is CCOC(=O)N1CCN(c2cncc(C(=O)N3CCCCCC3)c2)CC1. The van der Waals surface area contributed by atoms with E-state index in [1.54, 1.807) is 17.3 Å². The minimum Gasteiger partial charge on any atom is -0.450 e. The van der Waals surface area contributed by atoms with Crippen LogP contribution in [0.15, 0.2) is 18.5 Å². The lowest BCUT2D eigenvalue weighted by atomic mass is 10.2. The van der Waals surface area contributed by atoms with Crippen molar-refractivity contribution in [1.82, 2.24) is 14.8 Å². The molecule has 142 valence electrons. The van der Waals surface area contributed by atoms with Gasteiger partial charge < -0.3 is 19.4 Å². The van der Waals surface area contributed by atoms with E-state index in [0.29, 0.717) is 38.3 Å². The zero-order valence-corrected chi connectivity index (χ0v) is 15.5. The summed E-state index contributed by atoms with van der Waals surface area (Å²) in [5.74, 6) is 0.0754. The van der Waals surface area contributed by atoms with Gasteiger partial charge in [-0.15, -0.1) is 0 Å². The summed E-state index contributed by atoms with van der Waals surface area (Å²) in [6.07, 6.45) is 7.75. The summed E-state index contributed by atoms with van der Waals surface area (Å²) < 4.78 is 5.06. The minimum atomic E-state index is -0.254. The summed E-state index contributed by atoms with van der Waals surface area (Å²) in [6, 6.07) is 1.93. The molecule has 0 N–H and O–H groups in total. The Hall–Kier alpha value is -2.31. The quantitative estimate of drug-likeness (QED) is 0.828. The molecule has 0 radical (unpaired) electrons. The fourth-order valence-corrected chi connectivity index (χ4v) is 3.54. The number of carbonyl (C=O) groups is 2. The van der Waals surface area contributed by atoms with Crippen molar-refractivity contribution in [3.8, 4) is 0 Å². The standard InChI is InChI=1S/C19H28N4O3/c1-2-26-19(25)23-11-9-21(10-12-23)17-13-16(14-20-15-17)18(24)22-7-5-3-4-6-8-22/h13-15H,2-12H2,1H3. The molecule has 2 saturated heterocycles. The molecule has 2 aliphatic heterocycles. The molecule has 1 aromatic heterocycles. The molecule has 3 rings (SSSR count).